The van der Waals surface area contributed by atoms with E-state index in [2.05, 4.69) is 27.9 Å². The second-order valence-corrected chi connectivity index (χ2v) is 5.42. The Bertz CT molecular complexity index is 689. The summed E-state index contributed by atoms with van der Waals surface area (Å²) in [5, 5.41) is 11.7. The fourth-order valence-corrected chi connectivity index (χ4v) is 2.40. The molecule has 0 fully saturated rings. The molecule has 0 aliphatic rings. The molecule has 0 bridgehead atoms. The molecule has 20 heavy (non-hydrogen) atoms. The molecule has 0 unspecified atom stereocenters. The van der Waals surface area contributed by atoms with Crippen LogP contribution in [0.4, 0.5) is 20.2 Å². The van der Waals surface area contributed by atoms with Gasteiger partial charge in [0.1, 0.15) is 0 Å². The summed E-state index contributed by atoms with van der Waals surface area (Å²) in [6.07, 6.45) is 0. The van der Waals surface area contributed by atoms with Crippen molar-refractivity contribution in [2.45, 2.75) is 6.92 Å². The summed E-state index contributed by atoms with van der Waals surface area (Å²) in [6, 6.07) is 7.15. The number of anilines is 2. The van der Waals surface area contributed by atoms with Gasteiger partial charge in [-0.1, -0.05) is 0 Å². The van der Waals surface area contributed by atoms with E-state index in [1.807, 2.05) is 6.07 Å². The van der Waals surface area contributed by atoms with Crippen LogP contribution in [-0.4, -0.2) is 11.1 Å². The maximum atomic E-state index is 13.8. The predicted octanol–water partition coefficient (Wildman–Crippen LogP) is 4.32. The van der Waals surface area contributed by atoms with E-state index in [9.17, 15) is 13.6 Å². The van der Waals surface area contributed by atoms with Gasteiger partial charge >= 0.3 is 5.97 Å². The maximum Gasteiger partial charge on any atom is 0.337 e. The van der Waals surface area contributed by atoms with Gasteiger partial charge in [0, 0.05) is 9.26 Å². The van der Waals surface area contributed by atoms with Gasteiger partial charge in [0.15, 0.2) is 11.6 Å². The molecule has 2 N–H and O–H groups in total. The molecule has 0 aliphatic heterocycles. The summed E-state index contributed by atoms with van der Waals surface area (Å²) in [4.78, 5) is 11.1. The van der Waals surface area contributed by atoms with Crippen LogP contribution in [0.5, 0.6) is 0 Å². The monoisotopic (exact) mass is 389 g/mol. The average molecular weight is 389 g/mol. The van der Waals surface area contributed by atoms with Gasteiger partial charge in [0.2, 0.25) is 0 Å². The molecule has 2 aromatic rings. The number of rotatable bonds is 3. The molecular formula is C14H10F2INO2. The molecule has 6 heteroatoms. The van der Waals surface area contributed by atoms with Crippen LogP contribution >= 0.6 is 22.6 Å². The van der Waals surface area contributed by atoms with E-state index in [1.54, 1.807) is 19.1 Å². The van der Waals surface area contributed by atoms with Crippen LogP contribution in [0.2, 0.25) is 0 Å². The van der Waals surface area contributed by atoms with Crippen LogP contribution in [0.15, 0.2) is 30.3 Å². The first-order valence-electron chi connectivity index (χ1n) is 5.64. The van der Waals surface area contributed by atoms with E-state index in [0.29, 0.717) is 5.69 Å². The van der Waals surface area contributed by atoms with Crippen molar-refractivity contribution in [3.8, 4) is 0 Å². The Hall–Kier alpha value is -1.70. The molecule has 0 aliphatic carbocycles. The smallest absolute Gasteiger partial charge is 0.337 e. The van der Waals surface area contributed by atoms with Gasteiger partial charge in [-0.05, 0) is 65.4 Å². The van der Waals surface area contributed by atoms with Crippen LogP contribution in [-0.2, 0) is 0 Å². The van der Waals surface area contributed by atoms with Crippen LogP contribution in [0.1, 0.15) is 15.9 Å². The summed E-state index contributed by atoms with van der Waals surface area (Å²) >= 11 is 2.13. The predicted molar refractivity (Wildman–Crippen MR) is 80.5 cm³/mol. The quantitative estimate of drug-likeness (QED) is 0.769. The zero-order valence-electron chi connectivity index (χ0n) is 10.4. The highest BCUT2D eigenvalue weighted by Gasteiger charge is 2.18. The van der Waals surface area contributed by atoms with Gasteiger partial charge in [-0.2, -0.15) is 0 Å². The van der Waals surface area contributed by atoms with E-state index < -0.39 is 17.6 Å². The Morgan fingerprint density at radius 1 is 1.25 bits per heavy atom. The molecule has 0 aromatic heterocycles. The summed E-state index contributed by atoms with van der Waals surface area (Å²) in [5.41, 5.74) is 0.637. The van der Waals surface area contributed by atoms with Crippen LogP contribution < -0.4 is 5.32 Å². The van der Waals surface area contributed by atoms with Crippen LogP contribution in [0.25, 0.3) is 0 Å². The highest BCUT2D eigenvalue weighted by Crippen LogP contribution is 2.28. The lowest BCUT2D eigenvalue weighted by Crippen LogP contribution is -2.07. The van der Waals surface area contributed by atoms with E-state index in [1.165, 1.54) is 0 Å². The number of aromatic carboxylic acids is 1. The Morgan fingerprint density at radius 3 is 2.55 bits per heavy atom. The number of nitrogens with one attached hydrogen (secondary N) is 1. The van der Waals surface area contributed by atoms with E-state index in [4.69, 9.17) is 5.11 Å². The van der Waals surface area contributed by atoms with Gasteiger partial charge < -0.3 is 10.4 Å². The largest absolute Gasteiger partial charge is 0.478 e. The van der Waals surface area contributed by atoms with Gasteiger partial charge in [-0.25, -0.2) is 13.6 Å². The number of carboxylic acids is 1. The van der Waals surface area contributed by atoms with Gasteiger partial charge in [0.05, 0.1) is 11.3 Å². The van der Waals surface area contributed by atoms with Crippen molar-refractivity contribution in [3.63, 3.8) is 0 Å². The molecule has 0 radical (unpaired) electrons. The third-order valence-corrected chi connectivity index (χ3v) is 3.44. The molecule has 0 saturated carbocycles. The van der Waals surface area contributed by atoms with E-state index >= 15 is 0 Å². The molecular weight excluding hydrogens is 379 g/mol. The highest BCUT2D eigenvalue weighted by molar-refractivity contribution is 14.1. The lowest BCUT2D eigenvalue weighted by Gasteiger charge is -2.13. The van der Waals surface area contributed by atoms with Crippen molar-refractivity contribution in [1.29, 1.82) is 0 Å². The van der Waals surface area contributed by atoms with E-state index in [0.717, 1.165) is 21.3 Å². The topological polar surface area (TPSA) is 49.3 Å². The van der Waals surface area contributed by atoms with Crippen molar-refractivity contribution in [1.82, 2.24) is 0 Å². The molecule has 0 saturated heterocycles. The van der Waals surface area contributed by atoms with Gasteiger partial charge in [0.25, 0.3) is 0 Å². The Balaban J connectivity index is 2.52. The number of hydrogen-bond donors (Lipinski definition) is 2. The molecule has 104 valence electrons. The Kier molecular flexibility index (Phi) is 4.22. The molecule has 0 amide bonds. The molecule has 2 rings (SSSR count). The standard InChI is InChI=1S/C14H10F2INO2/c1-7-6-8(17)2-5-11(7)18-13-9(14(19)20)3-4-10(15)12(13)16/h2-6,18H,1H3,(H,19,20). The summed E-state index contributed by atoms with van der Waals surface area (Å²) in [7, 11) is 0. The minimum absolute atomic E-state index is 0.318. The van der Waals surface area contributed by atoms with Crippen molar-refractivity contribution >= 4 is 39.9 Å². The third kappa shape index (κ3) is 2.90. The number of carboxylic acid groups (broad SMARTS) is 1. The van der Waals surface area contributed by atoms with Crippen molar-refractivity contribution in [3.05, 3.63) is 56.7 Å². The second kappa shape index (κ2) is 5.74. The minimum atomic E-state index is -1.32. The van der Waals surface area contributed by atoms with Gasteiger partial charge in [-0.3, -0.25) is 0 Å². The first-order valence-corrected chi connectivity index (χ1v) is 6.72. The lowest BCUT2D eigenvalue weighted by molar-refractivity contribution is 0.0697. The number of aryl methyl sites for hydroxylation is 1. The highest BCUT2D eigenvalue weighted by atomic mass is 127. The Morgan fingerprint density at radius 2 is 1.95 bits per heavy atom. The fraction of sp³-hybridized carbons (Fsp3) is 0.0714. The van der Waals surface area contributed by atoms with E-state index in [-0.39, 0.29) is 11.3 Å². The summed E-state index contributed by atoms with van der Waals surface area (Å²) < 4.78 is 28.1. The molecule has 3 nitrogen and oxygen atoms in total. The van der Waals surface area contributed by atoms with Crippen LogP contribution in [0, 0.1) is 22.1 Å². The zero-order valence-corrected chi connectivity index (χ0v) is 12.5. The lowest BCUT2D eigenvalue weighted by atomic mass is 10.1. The van der Waals surface area contributed by atoms with Crippen LogP contribution in [0.3, 0.4) is 0 Å². The summed E-state index contributed by atoms with van der Waals surface area (Å²) in [5.74, 6) is -3.63. The molecule has 0 atom stereocenters. The number of hydrogen-bond acceptors (Lipinski definition) is 2. The minimum Gasteiger partial charge on any atom is -0.478 e. The van der Waals surface area contributed by atoms with Crippen molar-refractivity contribution < 1.29 is 18.7 Å². The zero-order chi connectivity index (χ0) is 14.9. The fourth-order valence-electron chi connectivity index (χ4n) is 1.75. The second-order valence-electron chi connectivity index (χ2n) is 4.17. The Labute approximate surface area is 127 Å². The third-order valence-electron chi connectivity index (χ3n) is 2.77. The first-order chi connectivity index (χ1) is 9.40. The maximum absolute atomic E-state index is 13.8. The summed E-state index contributed by atoms with van der Waals surface area (Å²) in [6.45, 7) is 1.79. The SMILES string of the molecule is Cc1cc(I)ccc1Nc1c(C(=O)O)ccc(F)c1F. The normalized spacial score (nSPS) is 10.4. The molecule has 2 aromatic carbocycles. The van der Waals surface area contributed by atoms with Crippen molar-refractivity contribution in [2.75, 3.05) is 5.32 Å². The van der Waals surface area contributed by atoms with Crippen molar-refractivity contribution in [2.24, 2.45) is 0 Å². The molecule has 0 heterocycles. The van der Waals surface area contributed by atoms with Gasteiger partial charge in [-0.15, -0.1) is 0 Å². The average Bonchev–Trinajstić information content (AvgIpc) is 2.37. The first kappa shape index (κ1) is 14.7. The molecule has 0 spiro atoms. The number of benzene rings is 2. The number of carbonyl (C=O) groups is 1. The number of halogens is 3.